The first-order valence-electron chi connectivity index (χ1n) is 14.1. The standard InChI is InChI=1S/C31H24F3N3O3.C2H6/c32-22-7-5-18(6-8-22)9-11-35-17-37(36-12-10-27(38)29(39)28(36)30(35)40)31-21(13-19-3-1-2-4-23(19)31)14-20-15-25(33)26(34)16-24(20)31;1-2/h1-8,10,12,15-16,21,39H,9,11,13-14,17H2;1-2H3. The Bertz CT molecular complexity index is 1750. The molecule has 216 valence electrons. The van der Waals surface area contributed by atoms with E-state index in [9.17, 15) is 27.9 Å². The van der Waals surface area contributed by atoms with Crippen molar-refractivity contribution < 1.29 is 23.1 Å². The van der Waals surface area contributed by atoms with Crippen LogP contribution in [0.25, 0.3) is 0 Å². The van der Waals surface area contributed by atoms with E-state index >= 15 is 0 Å². The molecular formula is C33H30F3N3O3. The summed E-state index contributed by atoms with van der Waals surface area (Å²) in [6, 6.07) is 17.5. The maximum absolute atomic E-state index is 14.9. The zero-order valence-electron chi connectivity index (χ0n) is 23.3. The van der Waals surface area contributed by atoms with Gasteiger partial charge in [-0.25, -0.2) is 13.2 Å². The van der Waals surface area contributed by atoms with Gasteiger partial charge in [-0.2, -0.15) is 0 Å². The summed E-state index contributed by atoms with van der Waals surface area (Å²) in [5, 5.41) is 12.8. The average molecular weight is 574 g/mol. The molecule has 0 spiro atoms. The van der Waals surface area contributed by atoms with Crippen LogP contribution in [0.4, 0.5) is 13.2 Å². The van der Waals surface area contributed by atoms with Gasteiger partial charge in [-0.3, -0.25) is 19.3 Å². The van der Waals surface area contributed by atoms with Crippen LogP contribution in [-0.4, -0.2) is 33.8 Å². The number of hydrogen-bond acceptors (Lipinski definition) is 4. The maximum Gasteiger partial charge on any atom is 0.277 e. The first-order valence-corrected chi connectivity index (χ1v) is 14.1. The van der Waals surface area contributed by atoms with Crippen LogP contribution in [0.3, 0.4) is 0 Å². The summed E-state index contributed by atoms with van der Waals surface area (Å²) >= 11 is 0. The summed E-state index contributed by atoms with van der Waals surface area (Å²) < 4.78 is 44.2. The highest BCUT2D eigenvalue weighted by Gasteiger charge is 2.59. The molecule has 9 heteroatoms. The molecule has 0 bridgehead atoms. The molecule has 1 N–H and O–H groups in total. The maximum atomic E-state index is 14.9. The van der Waals surface area contributed by atoms with E-state index in [1.54, 1.807) is 12.1 Å². The van der Waals surface area contributed by atoms with Crippen LogP contribution < -0.4 is 10.4 Å². The molecule has 2 atom stereocenters. The minimum atomic E-state index is -0.994. The summed E-state index contributed by atoms with van der Waals surface area (Å²) in [5.74, 6) is -3.58. The molecule has 0 saturated carbocycles. The minimum absolute atomic E-state index is 0.0542. The van der Waals surface area contributed by atoms with Gasteiger partial charge in [0.25, 0.3) is 5.91 Å². The monoisotopic (exact) mass is 573 g/mol. The zero-order chi connectivity index (χ0) is 29.8. The molecule has 7 rings (SSSR count). The van der Waals surface area contributed by atoms with E-state index in [4.69, 9.17) is 0 Å². The Kier molecular flexibility index (Phi) is 6.83. The van der Waals surface area contributed by atoms with Gasteiger partial charge in [0.1, 0.15) is 18.0 Å². The average Bonchev–Trinajstić information content (AvgIpc) is 3.47. The second-order valence-electron chi connectivity index (χ2n) is 10.7. The molecule has 0 fully saturated rings. The Morgan fingerprint density at radius 1 is 0.881 bits per heavy atom. The highest BCUT2D eigenvalue weighted by molar-refractivity contribution is 5.96. The smallest absolute Gasteiger partial charge is 0.277 e. The van der Waals surface area contributed by atoms with Crippen molar-refractivity contribution >= 4 is 5.91 Å². The lowest BCUT2D eigenvalue weighted by molar-refractivity contribution is 0.0649. The first kappa shape index (κ1) is 27.6. The number of benzene rings is 3. The van der Waals surface area contributed by atoms with E-state index in [2.05, 4.69) is 0 Å². The van der Waals surface area contributed by atoms with Crippen molar-refractivity contribution in [2.45, 2.75) is 38.6 Å². The molecule has 2 aliphatic carbocycles. The predicted octanol–water partition coefficient (Wildman–Crippen LogP) is 5.26. The second-order valence-corrected chi connectivity index (χ2v) is 10.7. The van der Waals surface area contributed by atoms with E-state index in [-0.39, 0.29) is 30.6 Å². The van der Waals surface area contributed by atoms with Crippen molar-refractivity contribution in [1.29, 1.82) is 0 Å². The molecule has 2 heterocycles. The number of amides is 1. The van der Waals surface area contributed by atoms with Crippen molar-refractivity contribution in [3.8, 4) is 5.75 Å². The van der Waals surface area contributed by atoms with E-state index in [0.717, 1.165) is 16.7 Å². The quantitative estimate of drug-likeness (QED) is 0.362. The van der Waals surface area contributed by atoms with E-state index in [0.29, 0.717) is 30.4 Å². The number of hydrogen-bond donors (Lipinski definition) is 1. The Hall–Kier alpha value is -4.53. The van der Waals surface area contributed by atoms with Crippen LogP contribution in [0.15, 0.2) is 77.7 Å². The van der Waals surface area contributed by atoms with Gasteiger partial charge >= 0.3 is 0 Å². The van der Waals surface area contributed by atoms with Crippen LogP contribution in [0.5, 0.6) is 5.75 Å². The number of pyridine rings is 1. The Labute approximate surface area is 241 Å². The SMILES string of the molecule is CC.O=C1c2c(O)c(=O)ccn2N(C23c4ccccc4CC2Cc2cc(F)c(F)cc23)CN1CCc1ccc(F)cc1. The second kappa shape index (κ2) is 10.4. The zero-order valence-corrected chi connectivity index (χ0v) is 23.3. The van der Waals surface area contributed by atoms with Crippen molar-refractivity contribution in [2.24, 2.45) is 5.92 Å². The molecule has 3 aromatic carbocycles. The van der Waals surface area contributed by atoms with Crippen LogP contribution in [0, 0.1) is 23.4 Å². The molecule has 42 heavy (non-hydrogen) atoms. The van der Waals surface area contributed by atoms with E-state index in [1.165, 1.54) is 46.1 Å². The summed E-state index contributed by atoms with van der Waals surface area (Å²) in [4.78, 5) is 27.8. The number of halogens is 3. The van der Waals surface area contributed by atoms with Crippen molar-refractivity contribution in [1.82, 2.24) is 9.58 Å². The minimum Gasteiger partial charge on any atom is -0.502 e. The summed E-state index contributed by atoms with van der Waals surface area (Å²) in [7, 11) is 0. The molecular weight excluding hydrogens is 543 g/mol. The van der Waals surface area contributed by atoms with Gasteiger partial charge in [-0.15, -0.1) is 0 Å². The first-order chi connectivity index (χ1) is 20.3. The highest BCUT2D eigenvalue weighted by atomic mass is 19.2. The summed E-state index contributed by atoms with van der Waals surface area (Å²) in [6.45, 7) is 4.27. The number of nitrogens with zero attached hydrogens (tertiary/aromatic N) is 3. The van der Waals surface area contributed by atoms with Gasteiger partial charge in [0.2, 0.25) is 5.43 Å². The number of aromatic hydroxyl groups is 1. The predicted molar refractivity (Wildman–Crippen MR) is 152 cm³/mol. The molecule has 6 nitrogen and oxygen atoms in total. The molecule has 1 amide bonds. The number of rotatable bonds is 4. The molecule has 1 aromatic heterocycles. The van der Waals surface area contributed by atoms with Gasteiger partial charge in [-0.1, -0.05) is 50.2 Å². The van der Waals surface area contributed by atoms with Crippen molar-refractivity contribution in [2.75, 3.05) is 18.2 Å². The number of fused-ring (bicyclic) bond motifs is 6. The molecule has 0 radical (unpaired) electrons. The topological polar surface area (TPSA) is 65.8 Å². The molecule has 0 saturated heterocycles. The van der Waals surface area contributed by atoms with Gasteiger partial charge in [-0.05, 0) is 71.3 Å². The Balaban J connectivity index is 0.00000155. The van der Waals surface area contributed by atoms with E-state index in [1.807, 2.05) is 43.1 Å². The third kappa shape index (κ3) is 4.01. The lowest BCUT2D eigenvalue weighted by Gasteiger charge is -2.50. The fourth-order valence-electron chi connectivity index (χ4n) is 6.88. The lowest BCUT2D eigenvalue weighted by Crippen LogP contribution is -2.63. The van der Waals surface area contributed by atoms with Gasteiger partial charge < -0.3 is 10.0 Å². The third-order valence-electron chi connectivity index (χ3n) is 8.61. The van der Waals surface area contributed by atoms with Crippen LogP contribution >= 0.6 is 0 Å². The van der Waals surface area contributed by atoms with Crippen LogP contribution in [0.1, 0.15) is 52.2 Å². The van der Waals surface area contributed by atoms with Crippen LogP contribution in [-0.2, 0) is 24.8 Å². The van der Waals surface area contributed by atoms with Gasteiger partial charge in [0.05, 0.1) is 0 Å². The molecule has 1 aliphatic heterocycles. The largest absolute Gasteiger partial charge is 0.502 e. The van der Waals surface area contributed by atoms with Crippen LogP contribution in [0.2, 0.25) is 0 Å². The Morgan fingerprint density at radius 3 is 2.33 bits per heavy atom. The lowest BCUT2D eigenvalue weighted by atomic mass is 9.81. The number of carbonyl (C=O) groups is 1. The van der Waals surface area contributed by atoms with Crippen molar-refractivity contribution in [3.63, 3.8) is 0 Å². The summed E-state index contributed by atoms with van der Waals surface area (Å²) in [6.07, 6.45) is 3.00. The number of aromatic nitrogens is 1. The van der Waals surface area contributed by atoms with Gasteiger partial charge in [0, 0.05) is 24.7 Å². The van der Waals surface area contributed by atoms with Gasteiger partial charge in [0.15, 0.2) is 23.1 Å². The normalized spacial score (nSPS) is 19.9. The molecule has 3 aliphatic rings. The summed E-state index contributed by atoms with van der Waals surface area (Å²) in [5.41, 5.74) is 2.18. The highest BCUT2D eigenvalue weighted by Crippen LogP contribution is 2.57. The molecule has 4 aromatic rings. The Morgan fingerprint density at radius 2 is 1.57 bits per heavy atom. The van der Waals surface area contributed by atoms with E-state index < -0.39 is 34.3 Å². The van der Waals surface area contributed by atoms with Crippen molar-refractivity contribution in [3.05, 3.63) is 134 Å². The third-order valence-corrected chi connectivity index (χ3v) is 8.61. The molecule has 2 unspecified atom stereocenters. The fourth-order valence-corrected chi connectivity index (χ4v) is 6.88. The fraction of sp³-hybridized carbons (Fsp3) is 0.273. The number of carbonyl (C=O) groups excluding carboxylic acids is 1.